The Hall–Kier alpha value is -1.84. The molecule has 0 aromatic heterocycles. The number of ether oxygens (including phenoxy) is 1. The highest BCUT2D eigenvalue weighted by Gasteiger charge is 2.25. The molecule has 4 heteroatoms. The van der Waals surface area contributed by atoms with Crippen LogP contribution >= 0.6 is 0 Å². The van der Waals surface area contributed by atoms with Crippen molar-refractivity contribution in [3.8, 4) is 5.75 Å². The first-order chi connectivity index (χ1) is 7.72. The SMILES string of the molecule is COc1ccc(C2CC=NN2C(C)=O)cc1. The first-order valence-corrected chi connectivity index (χ1v) is 5.18. The first-order valence-electron chi connectivity index (χ1n) is 5.18. The maximum Gasteiger partial charge on any atom is 0.240 e. The molecule has 1 aliphatic rings. The van der Waals surface area contributed by atoms with E-state index < -0.39 is 0 Å². The van der Waals surface area contributed by atoms with Crippen molar-refractivity contribution >= 4 is 12.1 Å². The summed E-state index contributed by atoms with van der Waals surface area (Å²) < 4.78 is 5.09. The zero-order chi connectivity index (χ0) is 11.5. The van der Waals surface area contributed by atoms with Crippen molar-refractivity contribution in [1.82, 2.24) is 5.01 Å². The van der Waals surface area contributed by atoms with Gasteiger partial charge in [-0.15, -0.1) is 0 Å². The van der Waals surface area contributed by atoms with E-state index in [-0.39, 0.29) is 11.9 Å². The highest BCUT2D eigenvalue weighted by atomic mass is 16.5. The zero-order valence-corrected chi connectivity index (χ0v) is 9.38. The normalized spacial score (nSPS) is 18.9. The summed E-state index contributed by atoms with van der Waals surface area (Å²) in [6.07, 6.45) is 2.54. The van der Waals surface area contributed by atoms with Crippen LogP contribution in [0.2, 0.25) is 0 Å². The molecule has 1 heterocycles. The Bertz CT molecular complexity index is 412. The molecule has 1 atom stereocenters. The van der Waals surface area contributed by atoms with Crippen molar-refractivity contribution in [1.29, 1.82) is 0 Å². The summed E-state index contributed by atoms with van der Waals surface area (Å²) in [5.41, 5.74) is 1.08. The van der Waals surface area contributed by atoms with Gasteiger partial charge in [-0.1, -0.05) is 12.1 Å². The van der Waals surface area contributed by atoms with E-state index in [1.165, 1.54) is 11.9 Å². The number of hydrogen-bond donors (Lipinski definition) is 0. The van der Waals surface area contributed by atoms with Gasteiger partial charge in [0.25, 0.3) is 0 Å². The van der Waals surface area contributed by atoms with Crippen LogP contribution in [0.1, 0.15) is 24.9 Å². The van der Waals surface area contributed by atoms with Gasteiger partial charge in [0.15, 0.2) is 0 Å². The van der Waals surface area contributed by atoms with Gasteiger partial charge in [0.1, 0.15) is 5.75 Å². The van der Waals surface area contributed by atoms with Crippen LogP contribution in [0.4, 0.5) is 0 Å². The molecule has 0 bridgehead atoms. The lowest BCUT2D eigenvalue weighted by molar-refractivity contribution is -0.130. The number of nitrogens with zero attached hydrogens (tertiary/aromatic N) is 2. The minimum Gasteiger partial charge on any atom is -0.497 e. The molecule has 0 spiro atoms. The molecule has 2 rings (SSSR count). The van der Waals surface area contributed by atoms with Gasteiger partial charge in [-0.25, -0.2) is 5.01 Å². The summed E-state index contributed by atoms with van der Waals surface area (Å²) in [6.45, 7) is 1.53. The molecule has 16 heavy (non-hydrogen) atoms. The van der Waals surface area contributed by atoms with E-state index in [9.17, 15) is 4.79 Å². The third kappa shape index (κ3) is 1.91. The fraction of sp³-hybridized carbons (Fsp3) is 0.333. The van der Waals surface area contributed by atoms with Gasteiger partial charge >= 0.3 is 0 Å². The molecule has 0 fully saturated rings. The summed E-state index contributed by atoms with van der Waals surface area (Å²) in [5, 5.41) is 5.58. The molecule has 0 aliphatic carbocycles. The number of methoxy groups -OCH3 is 1. The van der Waals surface area contributed by atoms with E-state index in [1.54, 1.807) is 13.3 Å². The summed E-state index contributed by atoms with van der Waals surface area (Å²) >= 11 is 0. The number of hydrogen-bond acceptors (Lipinski definition) is 3. The number of carbonyl (C=O) groups excluding carboxylic acids is 1. The molecule has 4 nitrogen and oxygen atoms in total. The molecule has 84 valence electrons. The van der Waals surface area contributed by atoms with Crippen LogP contribution < -0.4 is 4.74 Å². The second-order valence-electron chi connectivity index (χ2n) is 3.69. The first kappa shape index (κ1) is 10.7. The highest BCUT2D eigenvalue weighted by Crippen LogP contribution is 2.29. The minimum atomic E-state index is -0.0328. The fourth-order valence-corrected chi connectivity index (χ4v) is 1.82. The van der Waals surface area contributed by atoms with Crippen LogP contribution in [0.5, 0.6) is 5.75 Å². The Kier molecular flexibility index (Phi) is 2.90. The van der Waals surface area contributed by atoms with Crippen LogP contribution in [0.25, 0.3) is 0 Å². The van der Waals surface area contributed by atoms with Crippen molar-refractivity contribution in [3.05, 3.63) is 29.8 Å². The Labute approximate surface area is 94.5 Å². The molecule has 1 aromatic rings. The lowest BCUT2D eigenvalue weighted by Gasteiger charge is -2.20. The van der Waals surface area contributed by atoms with E-state index in [4.69, 9.17) is 4.74 Å². The summed E-state index contributed by atoms with van der Waals surface area (Å²) in [6, 6.07) is 7.75. The molecular formula is C12H14N2O2. The lowest BCUT2D eigenvalue weighted by atomic mass is 10.0. The van der Waals surface area contributed by atoms with Gasteiger partial charge in [-0.3, -0.25) is 4.79 Å². The molecule has 1 unspecified atom stereocenters. The molecule has 1 aliphatic heterocycles. The van der Waals surface area contributed by atoms with Gasteiger partial charge in [0.05, 0.1) is 13.2 Å². The average molecular weight is 218 g/mol. The number of carbonyl (C=O) groups is 1. The van der Waals surface area contributed by atoms with Gasteiger partial charge < -0.3 is 4.74 Å². The average Bonchev–Trinajstić information content (AvgIpc) is 2.78. The van der Waals surface area contributed by atoms with E-state index in [1.807, 2.05) is 24.3 Å². The van der Waals surface area contributed by atoms with Gasteiger partial charge in [0, 0.05) is 19.6 Å². The van der Waals surface area contributed by atoms with Crippen molar-refractivity contribution in [2.75, 3.05) is 7.11 Å². The Balaban J connectivity index is 2.20. The minimum absolute atomic E-state index is 0.0309. The molecule has 0 N–H and O–H groups in total. The molecular weight excluding hydrogens is 204 g/mol. The van der Waals surface area contributed by atoms with E-state index >= 15 is 0 Å². The smallest absolute Gasteiger partial charge is 0.240 e. The predicted molar refractivity (Wildman–Crippen MR) is 61.4 cm³/mol. The lowest BCUT2D eigenvalue weighted by Crippen LogP contribution is -2.24. The summed E-state index contributed by atoms with van der Waals surface area (Å²) in [4.78, 5) is 11.3. The molecule has 1 amide bonds. The fourth-order valence-electron chi connectivity index (χ4n) is 1.82. The van der Waals surface area contributed by atoms with E-state index in [0.717, 1.165) is 17.7 Å². The third-order valence-electron chi connectivity index (χ3n) is 2.65. The molecule has 1 aromatic carbocycles. The molecule has 0 saturated carbocycles. The number of hydrazone groups is 1. The van der Waals surface area contributed by atoms with Crippen LogP contribution in [0, 0.1) is 0 Å². The maximum absolute atomic E-state index is 11.3. The highest BCUT2D eigenvalue weighted by molar-refractivity contribution is 5.77. The Morgan fingerprint density at radius 3 is 2.69 bits per heavy atom. The Morgan fingerprint density at radius 1 is 1.44 bits per heavy atom. The molecule has 0 saturated heterocycles. The standard InChI is InChI=1S/C12H14N2O2/c1-9(15)14-12(7-8-13-14)10-3-5-11(16-2)6-4-10/h3-6,8,12H,7H2,1-2H3. The molecule has 0 radical (unpaired) electrons. The van der Waals surface area contributed by atoms with Gasteiger partial charge in [-0.05, 0) is 17.7 Å². The number of amides is 1. The van der Waals surface area contributed by atoms with Crippen LogP contribution in [0.3, 0.4) is 0 Å². The van der Waals surface area contributed by atoms with E-state index in [0.29, 0.717) is 0 Å². The van der Waals surface area contributed by atoms with Crippen molar-refractivity contribution < 1.29 is 9.53 Å². The van der Waals surface area contributed by atoms with Gasteiger partial charge in [0.2, 0.25) is 5.91 Å². The largest absolute Gasteiger partial charge is 0.497 e. The Morgan fingerprint density at radius 2 is 2.12 bits per heavy atom. The van der Waals surface area contributed by atoms with Crippen molar-refractivity contribution in [2.45, 2.75) is 19.4 Å². The van der Waals surface area contributed by atoms with Crippen LogP contribution in [0.15, 0.2) is 29.4 Å². The second-order valence-corrected chi connectivity index (χ2v) is 3.69. The topological polar surface area (TPSA) is 41.9 Å². The monoisotopic (exact) mass is 218 g/mol. The second kappa shape index (κ2) is 4.35. The van der Waals surface area contributed by atoms with Crippen LogP contribution in [-0.4, -0.2) is 24.2 Å². The van der Waals surface area contributed by atoms with Crippen molar-refractivity contribution in [2.24, 2.45) is 5.10 Å². The summed E-state index contributed by atoms with van der Waals surface area (Å²) in [7, 11) is 1.63. The van der Waals surface area contributed by atoms with Gasteiger partial charge in [-0.2, -0.15) is 5.10 Å². The number of benzene rings is 1. The van der Waals surface area contributed by atoms with Crippen molar-refractivity contribution in [3.63, 3.8) is 0 Å². The third-order valence-corrected chi connectivity index (χ3v) is 2.65. The quantitative estimate of drug-likeness (QED) is 0.761. The number of rotatable bonds is 2. The summed E-state index contributed by atoms with van der Waals surface area (Å²) in [5.74, 6) is 0.784. The van der Waals surface area contributed by atoms with E-state index in [2.05, 4.69) is 5.10 Å². The van der Waals surface area contributed by atoms with Crippen LogP contribution in [-0.2, 0) is 4.79 Å². The predicted octanol–water partition coefficient (Wildman–Crippen LogP) is 1.97. The zero-order valence-electron chi connectivity index (χ0n) is 9.38. The maximum atomic E-state index is 11.3.